The number of likely N-dealkylation sites (tertiary alicyclic amines) is 1. The molecular weight excluding hydrogens is 320 g/mol. The minimum atomic E-state index is -0.245. The molecule has 2 aromatic rings. The van der Waals surface area contributed by atoms with Gasteiger partial charge in [0.25, 0.3) is 0 Å². The number of hydrogen-bond donors (Lipinski definition) is 1. The Labute approximate surface area is 147 Å². The fourth-order valence-corrected chi connectivity index (χ4v) is 4.46. The molecule has 0 saturated carbocycles. The summed E-state index contributed by atoms with van der Waals surface area (Å²) in [6, 6.07) is 8.50. The standard InChI is InChI=1S/C18H24N4OS/c23-17-13-20(11-15-4-10-24-14-15)12-16(17)21-6-8-22(9-7-21)18-3-1-2-5-19-18/h1-5,10,14,16-17,23H,6-9,11-13H2/t16-,17-/m0/s1. The van der Waals surface area contributed by atoms with Gasteiger partial charge in [-0.2, -0.15) is 11.3 Å². The first-order valence-electron chi connectivity index (χ1n) is 8.61. The van der Waals surface area contributed by atoms with Crippen molar-refractivity contribution < 1.29 is 5.11 Å². The third-order valence-electron chi connectivity index (χ3n) is 5.08. The number of nitrogens with zero attached hydrogens (tertiary/aromatic N) is 4. The lowest BCUT2D eigenvalue weighted by molar-refractivity contribution is 0.0790. The zero-order chi connectivity index (χ0) is 16.4. The van der Waals surface area contributed by atoms with Crippen LogP contribution in [-0.2, 0) is 6.54 Å². The molecule has 128 valence electrons. The third kappa shape index (κ3) is 3.47. The van der Waals surface area contributed by atoms with E-state index in [2.05, 4.69) is 42.6 Å². The molecule has 2 aliphatic heterocycles. The fraction of sp³-hybridized carbons (Fsp3) is 0.500. The van der Waals surface area contributed by atoms with Gasteiger partial charge in [-0.1, -0.05) is 6.07 Å². The first-order valence-corrected chi connectivity index (χ1v) is 9.55. The lowest BCUT2D eigenvalue weighted by atomic mass is 10.1. The molecule has 2 atom stereocenters. The maximum absolute atomic E-state index is 10.5. The van der Waals surface area contributed by atoms with Gasteiger partial charge in [-0.15, -0.1) is 0 Å². The Hall–Kier alpha value is -1.47. The van der Waals surface area contributed by atoms with Gasteiger partial charge in [0.05, 0.1) is 6.10 Å². The number of anilines is 1. The number of β-amino-alcohol motifs (C(OH)–C–C–N with tert-alkyl or cyclic N) is 1. The monoisotopic (exact) mass is 344 g/mol. The lowest BCUT2D eigenvalue weighted by Crippen LogP contribution is -2.53. The fourth-order valence-electron chi connectivity index (χ4n) is 3.80. The van der Waals surface area contributed by atoms with Crippen LogP contribution in [0.1, 0.15) is 5.56 Å². The van der Waals surface area contributed by atoms with Crippen LogP contribution in [0.5, 0.6) is 0 Å². The van der Waals surface area contributed by atoms with Gasteiger partial charge in [-0.25, -0.2) is 4.98 Å². The second-order valence-corrected chi connectivity index (χ2v) is 7.45. The number of hydrogen-bond acceptors (Lipinski definition) is 6. The summed E-state index contributed by atoms with van der Waals surface area (Å²) in [5.74, 6) is 1.06. The molecule has 4 rings (SSSR count). The van der Waals surface area contributed by atoms with E-state index in [1.165, 1.54) is 5.56 Å². The molecule has 6 heteroatoms. The van der Waals surface area contributed by atoms with Crippen molar-refractivity contribution in [3.05, 3.63) is 46.8 Å². The third-order valence-corrected chi connectivity index (χ3v) is 5.81. The zero-order valence-corrected chi connectivity index (χ0v) is 14.6. The maximum Gasteiger partial charge on any atom is 0.128 e. The van der Waals surface area contributed by atoms with Gasteiger partial charge < -0.3 is 10.0 Å². The van der Waals surface area contributed by atoms with E-state index in [0.29, 0.717) is 0 Å². The van der Waals surface area contributed by atoms with Gasteiger partial charge >= 0.3 is 0 Å². The van der Waals surface area contributed by atoms with E-state index in [1.807, 2.05) is 18.3 Å². The molecule has 0 radical (unpaired) electrons. The van der Waals surface area contributed by atoms with Crippen molar-refractivity contribution in [1.82, 2.24) is 14.8 Å². The van der Waals surface area contributed by atoms with Crippen LogP contribution >= 0.6 is 11.3 Å². The van der Waals surface area contributed by atoms with E-state index >= 15 is 0 Å². The summed E-state index contributed by atoms with van der Waals surface area (Å²) in [6.07, 6.45) is 1.61. The number of aliphatic hydroxyl groups is 1. The molecule has 2 fully saturated rings. The summed E-state index contributed by atoms with van der Waals surface area (Å²) in [7, 11) is 0. The largest absolute Gasteiger partial charge is 0.390 e. The van der Waals surface area contributed by atoms with Crippen LogP contribution in [0.3, 0.4) is 0 Å². The highest BCUT2D eigenvalue weighted by Crippen LogP contribution is 2.22. The summed E-state index contributed by atoms with van der Waals surface area (Å²) in [5.41, 5.74) is 1.35. The zero-order valence-electron chi connectivity index (χ0n) is 13.8. The number of pyridine rings is 1. The SMILES string of the molecule is O[C@H]1CN(Cc2ccsc2)C[C@@H]1N1CCN(c2ccccn2)CC1. The number of thiophene rings is 1. The molecular formula is C18H24N4OS. The smallest absolute Gasteiger partial charge is 0.128 e. The van der Waals surface area contributed by atoms with Crippen molar-refractivity contribution in [3.63, 3.8) is 0 Å². The molecule has 2 aliphatic rings. The molecule has 2 saturated heterocycles. The number of aliphatic hydroxyl groups excluding tert-OH is 1. The van der Waals surface area contributed by atoms with Crippen LogP contribution in [0.4, 0.5) is 5.82 Å². The Kier molecular flexibility index (Phi) is 4.80. The quantitative estimate of drug-likeness (QED) is 0.911. The van der Waals surface area contributed by atoms with Gasteiger partial charge in [0.1, 0.15) is 5.82 Å². The number of piperazine rings is 1. The lowest BCUT2D eigenvalue weighted by Gasteiger charge is -2.39. The molecule has 5 nitrogen and oxygen atoms in total. The summed E-state index contributed by atoms with van der Waals surface area (Å²) < 4.78 is 0. The van der Waals surface area contributed by atoms with Crippen molar-refractivity contribution in [2.45, 2.75) is 18.7 Å². The molecule has 0 unspecified atom stereocenters. The number of aromatic nitrogens is 1. The van der Waals surface area contributed by atoms with Gasteiger partial charge in [-0.05, 0) is 34.5 Å². The first kappa shape index (κ1) is 16.0. The van der Waals surface area contributed by atoms with Crippen molar-refractivity contribution in [1.29, 1.82) is 0 Å². The molecule has 0 spiro atoms. The van der Waals surface area contributed by atoms with Gasteiger partial charge in [-0.3, -0.25) is 9.80 Å². The summed E-state index contributed by atoms with van der Waals surface area (Å²) in [5, 5.41) is 14.8. The molecule has 1 N–H and O–H groups in total. The van der Waals surface area contributed by atoms with Gasteiger partial charge in [0.2, 0.25) is 0 Å². The highest BCUT2D eigenvalue weighted by atomic mass is 32.1. The molecule has 24 heavy (non-hydrogen) atoms. The van der Waals surface area contributed by atoms with Crippen LogP contribution < -0.4 is 4.90 Å². The van der Waals surface area contributed by atoms with Crippen molar-refractivity contribution in [3.8, 4) is 0 Å². The normalized spacial score (nSPS) is 26.1. The highest BCUT2D eigenvalue weighted by molar-refractivity contribution is 7.07. The topological polar surface area (TPSA) is 42.8 Å². The predicted molar refractivity (Wildman–Crippen MR) is 97.4 cm³/mol. The van der Waals surface area contributed by atoms with E-state index < -0.39 is 0 Å². The average molecular weight is 344 g/mol. The Morgan fingerprint density at radius 1 is 1.12 bits per heavy atom. The number of rotatable bonds is 4. The first-order chi connectivity index (χ1) is 11.8. The van der Waals surface area contributed by atoms with Crippen LogP contribution in [0.25, 0.3) is 0 Å². The highest BCUT2D eigenvalue weighted by Gasteiger charge is 2.36. The van der Waals surface area contributed by atoms with Crippen molar-refractivity contribution in [2.75, 3.05) is 44.2 Å². The maximum atomic E-state index is 10.5. The van der Waals surface area contributed by atoms with E-state index in [-0.39, 0.29) is 12.1 Å². The van der Waals surface area contributed by atoms with Crippen LogP contribution in [0.2, 0.25) is 0 Å². The second kappa shape index (κ2) is 7.19. The van der Waals surface area contributed by atoms with Crippen LogP contribution in [0, 0.1) is 0 Å². The predicted octanol–water partition coefficient (Wildman–Crippen LogP) is 1.51. The average Bonchev–Trinajstić information content (AvgIpc) is 3.26. The molecule has 0 aromatic carbocycles. The molecule has 0 bridgehead atoms. The Morgan fingerprint density at radius 2 is 2.00 bits per heavy atom. The Bertz CT molecular complexity index is 628. The van der Waals surface area contributed by atoms with Gasteiger partial charge in [0.15, 0.2) is 0 Å². The second-order valence-electron chi connectivity index (χ2n) is 6.67. The summed E-state index contributed by atoms with van der Waals surface area (Å²) in [6.45, 7) is 6.62. The Balaban J connectivity index is 1.32. The van der Waals surface area contributed by atoms with Crippen LogP contribution in [-0.4, -0.2) is 71.3 Å². The summed E-state index contributed by atoms with van der Waals surface area (Å²) in [4.78, 5) is 11.6. The molecule has 4 heterocycles. The molecule has 0 aliphatic carbocycles. The summed E-state index contributed by atoms with van der Waals surface area (Å²) >= 11 is 1.74. The van der Waals surface area contributed by atoms with E-state index in [0.717, 1.165) is 51.6 Å². The van der Waals surface area contributed by atoms with Gasteiger partial charge in [0, 0.05) is 58.1 Å². The molecule has 2 aromatic heterocycles. The van der Waals surface area contributed by atoms with E-state index in [9.17, 15) is 5.11 Å². The van der Waals surface area contributed by atoms with Crippen molar-refractivity contribution in [2.24, 2.45) is 0 Å². The molecule has 0 amide bonds. The minimum Gasteiger partial charge on any atom is -0.390 e. The van der Waals surface area contributed by atoms with Crippen LogP contribution in [0.15, 0.2) is 41.2 Å². The van der Waals surface area contributed by atoms with E-state index in [4.69, 9.17) is 0 Å². The van der Waals surface area contributed by atoms with E-state index in [1.54, 1.807) is 11.3 Å². The minimum absolute atomic E-state index is 0.245. The van der Waals surface area contributed by atoms with Crippen molar-refractivity contribution >= 4 is 17.2 Å². The Morgan fingerprint density at radius 3 is 2.71 bits per heavy atom.